The number of benzene rings is 3. The maximum Gasteiger partial charge on any atom is 0.373 e. The van der Waals surface area contributed by atoms with Gasteiger partial charge in [-0.1, -0.05) is 53.5 Å². The Labute approximate surface area is 275 Å². The third-order valence-electron chi connectivity index (χ3n) is 9.12. The molecule has 2 fully saturated rings. The van der Waals surface area contributed by atoms with Gasteiger partial charge in [0.05, 0.1) is 16.7 Å². The van der Waals surface area contributed by atoms with Crippen LogP contribution < -0.4 is 4.74 Å². The van der Waals surface area contributed by atoms with Gasteiger partial charge < -0.3 is 9.64 Å². The number of halogens is 3. The molecule has 7 nitrogen and oxygen atoms in total. The molecule has 0 N–H and O–H groups in total. The first-order valence-corrected chi connectivity index (χ1v) is 16.4. The maximum absolute atomic E-state index is 13.9. The molecule has 6 rings (SSSR count). The number of nitrogens with zero attached hydrogens (tertiary/aromatic N) is 1. The monoisotopic (exact) mass is 671 g/mol. The second kappa shape index (κ2) is 14.8. The summed E-state index contributed by atoms with van der Waals surface area (Å²) in [5.41, 5.74) is 3.24. The highest BCUT2D eigenvalue weighted by atomic mass is 35.5. The van der Waals surface area contributed by atoms with E-state index in [4.69, 9.17) is 37.5 Å². The van der Waals surface area contributed by atoms with Crippen LogP contribution in [0.3, 0.4) is 0 Å². The molecule has 3 aromatic carbocycles. The van der Waals surface area contributed by atoms with E-state index in [1.807, 2.05) is 42.1 Å². The van der Waals surface area contributed by atoms with E-state index in [-0.39, 0.29) is 35.4 Å². The number of thioether (sulfide) groups is 1. The zero-order valence-electron chi connectivity index (χ0n) is 24.4. The van der Waals surface area contributed by atoms with Gasteiger partial charge in [0.2, 0.25) is 5.91 Å². The van der Waals surface area contributed by atoms with Crippen molar-refractivity contribution in [2.24, 2.45) is 11.8 Å². The first-order chi connectivity index (χ1) is 21.8. The Bertz CT molecular complexity index is 1540. The summed E-state index contributed by atoms with van der Waals surface area (Å²) in [6.07, 6.45) is 4.89. The predicted octanol–water partition coefficient (Wildman–Crippen LogP) is 7.76. The Morgan fingerprint density at radius 1 is 0.933 bits per heavy atom. The van der Waals surface area contributed by atoms with E-state index in [0.717, 1.165) is 30.6 Å². The normalized spacial score (nSPS) is 23.4. The number of carbonyl (C=O) groups excluding carboxylic acids is 4. The number of aryl methyl sites for hydroxylation is 1. The van der Waals surface area contributed by atoms with Crippen LogP contribution in [0.5, 0.6) is 5.75 Å². The molecule has 1 amide bonds. The van der Waals surface area contributed by atoms with Crippen LogP contribution in [-0.4, -0.2) is 35.5 Å². The molecule has 236 valence electrons. The molecule has 0 spiro atoms. The van der Waals surface area contributed by atoms with E-state index >= 15 is 0 Å². The first-order valence-electron chi connectivity index (χ1n) is 14.9. The molecule has 2 aliphatic carbocycles. The fraction of sp³-hybridized carbons (Fsp3) is 0.382. The van der Waals surface area contributed by atoms with E-state index in [1.54, 1.807) is 12.1 Å². The Morgan fingerprint density at radius 2 is 1.60 bits per heavy atom. The minimum absolute atomic E-state index is 0.0462. The molecule has 3 aromatic rings. The summed E-state index contributed by atoms with van der Waals surface area (Å²) >= 11 is 14.6. The molecule has 2 unspecified atom stereocenters. The van der Waals surface area contributed by atoms with Crippen LogP contribution in [0.15, 0.2) is 71.6 Å². The lowest BCUT2D eigenvalue weighted by molar-refractivity contribution is -0.192. The summed E-state index contributed by atoms with van der Waals surface area (Å²) in [4.78, 5) is 48.6. The van der Waals surface area contributed by atoms with Gasteiger partial charge in [-0.05, 0) is 92.5 Å². The Kier molecular flexibility index (Phi) is 10.9. The zero-order chi connectivity index (χ0) is 32.0. The number of carbonyl (C=O) groups is 2. The molecule has 11 heteroatoms. The number of rotatable bonds is 7. The largest absolute Gasteiger partial charge is 0.489 e. The van der Waals surface area contributed by atoms with Gasteiger partial charge in [0.1, 0.15) is 12.4 Å². The topological polar surface area (TPSA) is 90.0 Å². The van der Waals surface area contributed by atoms with Crippen LogP contribution in [0.25, 0.3) is 0 Å². The number of amides is 1. The standard InChI is InChI=1S/C33H32Cl2FNO4S.CO2/c34-28-7-4-8-29(35)26(28)20-40-24-14-15-27-23(19-24)13-16-30-33(27,42-25-5-2-1-3-6-25)17-18-37(30)31(38)21-9-11-22(12-10-21)32(39)41-36;2-1-3/h1-8,14-15,19,21-22,30H,9-13,16-18,20H2;. The molecular formula is C34H32Cl2FNO6S. The number of hydrogen-bond acceptors (Lipinski definition) is 7. The maximum atomic E-state index is 13.9. The van der Waals surface area contributed by atoms with Gasteiger partial charge in [0.15, 0.2) is 0 Å². The van der Waals surface area contributed by atoms with Crippen molar-refractivity contribution in [2.45, 2.75) is 67.2 Å². The second-order valence-electron chi connectivity index (χ2n) is 11.5. The van der Waals surface area contributed by atoms with Crippen LogP contribution in [0.2, 0.25) is 10.0 Å². The van der Waals surface area contributed by atoms with Crippen molar-refractivity contribution < 1.29 is 33.4 Å². The van der Waals surface area contributed by atoms with Gasteiger partial charge in [-0.15, -0.1) is 11.8 Å². The van der Waals surface area contributed by atoms with Crippen molar-refractivity contribution >= 4 is 53.0 Å². The summed E-state index contributed by atoms with van der Waals surface area (Å²) in [5.74, 6) is -0.514. The number of likely N-dealkylation sites (tertiary alicyclic amines) is 1. The summed E-state index contributed by atoms with van der Waals surface area (Å²) in [5, 5.41) is 1.15. The van der Waals surface area contributed by atoms with Crippen molar-refractivity contribution in [1.82, 2.24) is 4.90 Å². The third kappa shape index (κ3) is 7.07. The molecule has 3 aliphatic rings. The van der Waals surface area contributed by atoms with Crippen LogP contribution in [-0.2, 0) is 41.9 Å². The van der Waals surface area contributed by atoms with E-state index in [9.17, 15) is 14.1 Å². The Balaban J connectivity index is 0.00000128. The highest BCUT2D eigenvalue weighted by Gasteiger charge is 2.54. The second-order valence-corrected chi connectivity index (χ2v) is 13.7. The minimum atomic E-state index is -0.817. The van der Waals surface area contributed by atoms with Crippen LogP contribution in [0, 0.1) is 11.8 Å². The average molecular weight is 673 g/mol. The van der Waals surface area contributed by atoms with Gasteiger partial charge in [-0.3, -0.25) is 9.74 Å². The summed E-state index contributed by atoms with van der Waals surface area (Å²) in [7, 11) is 0. The summed E-state index contributed by atoms with van der Waals surface area (Å²) in [6.45, 7) is 0.954. The molecule has 1 saturated carbocycles. The van der Waals surface area contributed by atoms with E-state index in [1.165, 1.54) is 16.0 Å². The smallest absolute Gasteiger partial charge is 0.373 e. The Morgan fingerprint density at radius 3 is 2.27 bits per heavy atom. The Hall–Kier alpha value is -3.36. The van der Waals surface area contributed by atoms with Crippen molar-refractivity contribution in [3.63, 3.8) is 0 Å². The first kappa shape index (κ1) is 33.0. The van der Waals surface area contributed by atoms with Crippen LogP contribution in [0.4, 0.5) is 4.53 Å². The lowest BCUT2D eigenvalue weighted by Crippen LogP contribution is -2.48. The van der Waals surface area contributed by atoms with Gasteiger partial charge in [-0.25, -0.2) is 4.79 Å². The molecule has 45 heavy (non-hydrogen) atoms. The molecule has 1 heterocycles. The quantitative estimate of drug-likeness (QED) is 0.254. The van der Waals surface area contributed by atoms with Gasteiger partial charge >= 0.3 is 12.1 Å². The van der Waals surface area contributed by atoms with Crippen molar-refractivity contribution in [1.29, 1.82) is 0 Å². The lowest BCUT2D eigenvalue weighted by Gasteiger charge is -2.43. The number of ether oxygens (including phenoxy) is 1. The number of hydrogen-bond donors (Lipinski definition) is 0. The van der Waals surface area contributed by atoms with Crippen molar-refractivity contribution in [3.05, 3.63) is 93.5 Å². The van der Waals surface area contributed by atoms with E-state index < -0.39 is 11.9 Å². The fourth-order valence-electron chi connectivity index (χ4n) is 6.97. The van der Waals surface area contributed by atoms with E-state index in [0.29, 0.717) is 42.3 Å². The van der Waals surface area contributed by atoms with Gasteiger partial charge in [0.25, 0.3) is 0 Å². The highest BCUT2D eigenvalue weighted by Crippen LogP contribution is 2.57. The number of fused-ring (bicyclic) bond motifs is 3. The average Bonchev–Trinajstić information content (AvgIpc) is 3.44. The van der Waals surface area contributed by atoms with Crippen LogP contribution >= 0.6 is 35.0 Å². The summed E-state index contributed by atoms with van der Waals surface area (Å²) in [6, 6.07) is 22.2. The molecule has 0 bridgehead atoms. The van der Waals surface area contributed by atoms with Crippen molar-refractivity contribution in [2.75, 3.05) is 6.54 Å². The molecule has 1 aliphatic heterocycles. The highest BCUT2D eigenvalue weighted by molar-refractivity contribution is 8.00. The predicted molar refractivity (Wildman–Crippen MR) is 167 cm³/mol. The molecule has 2 atom stereocenters. The summed E-state index contributed by atoms with van der Waals surface area (Å²) < 4.78 is 18.3. The molecular weight excluding hydrogens is 640 g/mol. The minimum Gasteiger partial charge on any atom is -0.489 e. The van der Waals surface area contributed by atoms with Gasteiger partial charge in [0, 0.05) is 37.5 Å². The SMILES string of the molecule is O=C(OF)C1CCC(C(=O)N2CCC3(Sc4ccccc4)c4ccc(OCc5c(Cl)cccc5Cl)cc4CCC23)CC1.O=C=O. The zero-order valence-corrected chi connectivity index (χ0v) is 26.7. The third-order valence-corrected chi connectivity index (χ3v) is 11.4. The molecule has 1 saturated heterocycles. The van der Waals surface area contributed by atoms with Crippen molar-refractivity contribution in [3.8, 4) is 5.75 Å². The van der Waals surface area contributed by atoms with Gasteiger partial charge in [-0.2, -0.15) is 9.59 Å². The van der Waals surface area contributed by atoms with E-state index in [2.05, 4.69) is 34.1 Å². The lowest BCUT2D eigenvalue weighted by atomic mass is 9.77. The van der Waals surface area contributed by atoms with Crippen LogP contribution in [0.1, 0.15) is 55.2 Å². The molecule has 0 radical (unpaired) electrons. The molecule has 0 aromatic heterocycles. The fourth-order valence-corrected chi connectivity index (χ4v) is 9.08.